The fourth-order valence-corrected chi connectivity index (χ4v) is 4.89. The van der Waals surface area contributed by atoms with Crippen molar-refractivity contribution in [3.63, 3.8) is 0 Å². The molecule has 1 saturated heterocycles. The summed E-state index contributed by atoms with van der Waals surface area (Å²) in [6.45, 7) is 3.70. The molecule has 168 valence electrons. The molecule has 0 saturated carbocycles. The number of benzene rings is 2. The lowest BCUT2D eigenvalue weighted by atomic mass is 10.1. The van der Waals surface area contributed by atoms with Crippen LogP contribution in [0.5, 0.6) is 0 Å². The maximum Gasteiger partial charge on any atom is 0.261 e. The third kappa shape index (κ3) is 5.38. The third-order valence-corrected chi connectivity index (χ3v) is 6.65. The Bertz CT molecular complexity index is 1200. The van der Waals surface area contributed by atoms with Crippen LogP contribution in [0.15, 0.2) is 72.2 Å². The van der Waals surface area contributed by atoms with Crippen LogP contribution in [0.1, 0.15) is 40.9 Å². The summed E-state index contributed by atoms with van der Waals surface area (Å²) < 4.78 is 1.83. The van der Waals surface area contributed by atoms with Gasteiger partial charge in [0.2, 0.25) is 0 Å². The lowest BCUT2D eigenvalue weighted by Crippen LogP contribution is -2.29. The Kier molecular flexibility index (Phi) is 6.60. The van der Waals surface area contributed by atoms with Crippen molar-refractivity contribution in [2.24, 2.45) is 0 Å². The molecule has 0 spiro atoms. The minimum atomic E-state index is -0.188. The highest BCUT2D eigenvalue weighted by atomic mass is 32.1. The van der Waals surface area contributed by atoms with Crippen molar-refractivity contribution < 1.29 is 4.79 Å². The van der Waals surface area contributed by atoms with Crippen LogP contribution < -0.4 is 5.32 Å². The Morgan fingerprint density at radius 1 is 0.939 bits per heavy atom. The average molecular weight is 458 g/mol. The summed E-state index contributed by atoms with van der Waals surface area (Å²) in [4.78, 5) is 20.4. The molecule has 2 aromatic carbocycles. The summed E-state index contributed by atoms with van der Waals surface area (Å²) in [6.07, 6.45) is 5.65. The number of rotatable bonds is 7. The van der Waals surface area contributed by atoms with E-state index >= 15 is 0 Å². The minimum Gasteiger partial charge on any atom is -0.298 e. The Morgan fingerprint density at radius 3 is 2.42 bits per heavy atom. The van der Waals surface area contributed by atoms with Crippen LogP contribution in [0.4, 0.5) is 5.13 Å². The lowest BCUT2D eigenvalue weighted by Gasteiger charge is -2.25. The Balaban J connectivity index is 1.35. The first-order valence-electron chi connectivity index (χ1n) is 11.4. The van der Waals surface area contributed by atoms with Crippen molar-refractivity contribution in [3.8, 4) is 11.3 Å². The highest BCUT2D eigenvalue weighted by Gasteiger charge is 2.20. The van der Waals surface area contributed by atoms with E-state index in [2.05, 4.69) is 27.3 Å². The molecule has 33 heavy (non-hydrogen) atoms. The van der Waals surface area contributed by atoms with E-state index in [0.29, 0.717) is 22.9 Å². The molecular formula is C26H27N5OS. The number of piperidine rings is 1. The van der Waals surface area contributed by atoms with E-state index in [9.17, 15) is 4.79 Å². The van der Waals surface area contributed by atoms with Gasteiger partial charge in [-0.1, -0.05) is 67.1 Å². The van der Waals surface area contributed by atoms with Crippen LogP contribution in [-0.2, 0) is 13.1 Å². The number of thiazole rings is 1. The number of anilines is 1. The van der Waals surface area contributed by atoms with E-state index in [1.54, 1.807) is 0 Å². The molecule has 4 aromatic rings. The molecule has 0 aliphatic carbocycles. The van der Waals surface area contributed by atoms with E-state index in [1.807, 2.05) is 64.8 Å². The number of nitrogens with one attached hydrogen (secondary N) is 1. The van der Waals surface area contributed by atoms with Crippen molar-refractivity contribution in [3.05, 3.63) is 89.1 Å². The van der Waals surface area contributed by atoms with Gasteiger partial charge in [0, 0.05) is 23.7 Å². The number of hydrogen-bond acceptors (Lipinski definition) is 5. The van der Waals surface area contributed by atoms with Gasteiger partial charge in [-0.3, -0.25) is 19.7 Å². The quantitative estimate of drug-likeness (QED) is 0.409. The van der Waals surface area contributed by atoms with Crippen LogP contribution in [0.25, 0.3) is 11.3 Å². The third-order valence-electron chi connectivity index (χ3n) is 5.85. The predicted molar refractivity (Wildman–Crippen MR) is 132 cm³/mol. The minimum absolute atomic E-state index is 0.188. The highest BCUT2D eigenvalue weighted by Crippen LogP contribution is 2.25. The fraction of sp³-hybridized carbons (Fsp3) is 0.269. The zero-order valence-corrected chi connectivity index (χ0v) is 19.3. The van der Waals surface area contributed by atoms with E-state index in [0.717, 1.165) is 36.5 Å². The summed E-state index contributed by atoms with van der Waals surface area (Å²) >= 11 is 1.48. The molecule has 2 aromatic heterocycles. The lowest BCUT2D eigenvalue weighted by molar-refractivity contribution is 0.102. The van der Waals surface area contributed by atoms with Gasteiger partial charge >= 0.3 is 0 Å². The molecular weight excluding hydrogens is 430 g/mol. The summed E-state index contributed by atoms with van der Waals surface area (Å²) in [5, 5.41) is 10.4. The van der Waals surface area contributed by atoms with Gasteiger partial charge < -0.3 is 0 Å². The normalized spacial score (nSPS) is 14.3. The van der Waals surface area contributed by atoms with E-state index < -0.39 is 0 Å². The molecule has 5 rings (SSSR count). The molecule has 0 bridgehead atoms. The Labute approximate surface area is 197 Å². The van der Waals surface area contributed by atoms with Gasteiger partial charge in [0.25, 0.3) is 5.91 Å². The van der Waals surface area contributed by atoms with Crippen LogP contribution in [0, 0.1) is 0 Å². The summed E-state index contributed by atoms with van der Waals surface area (Å²) in [5.41, 5.74) is 4.28. The van der Waals surface area contributed by atoms with Crippen molar-refractivity contribution in [1.29, 1.82) is 0 Å². The average Bonchev–Trinajstić information content (AvgIpc) is 3.48. The van der Waals surface area contributed by atoms with Crippen LogP contribution in [0.2, 0.25) is 0 Å². The van der Waals surface area contributed by atoms with Gasteiger partial charge in [0.15, 0.2) is 5.13 Å². The second-order valence-corrected chi connectivity index (χ2v) is 9.23. The zero-order chi connectivity index (χ0) is 22.5. The van der Waals surface area contributed by atoms with Crippen LogP contribution in [-0.4, -0.2) is 38.7 Å². The smallest absolute Gasteiger partial charge is 0.261 e. The molecule has 0 atom stereocenters. The number of carbonyl (C=O) groups excluding carboxylic acids is 1. The van der Waals surface area contributed by atoms with Crippen molar-refractivity contribution in [1.82, 2.24) is 19.7 Å². The maximum absolute atomic E-state index is 13.3. The van der Waals surface area contributed by atoms with Gasteiger partial charge in [0.1, 0.15) is 5.69 Å². The first-order valence-corrected chi connectivity index (χ1v) is 12.3. The van der Waals surface area contributed by atoms with Gasteiger partial charge in [-0.15, -0.1) is 11.3 Å². The molecule has 0 unspecified atom stereocenters. The van der Waals surface area contributed by atoms with Crippen molar-refractivity contribution in [2.75, 3.05) is 18.4 Å². The Morgan fingerprint density at radius 2 is 1.67 bits per heavy atom. The second-order valence-electron chi connectivity index (χ2n) is 8.38. The standard InChI is InChI=1S/C26H27N5OS/c32-25(28-26-27-22(19-33-26)17-30-14-8-3-9-15-30)23-18-31(16-20-10-4-1-5-11-20)29-24(23)21-12-6-2-7-13-21/h1-2,4-7,10-13,18-19H,3,8-9,14-17H2,(H,27,28,32). The number of amides is 1. The van der Waals surface area contributed by atoms with Crippen LogP contribution in [0.3, 0.4) is 0 Å². The van der Waals surface area contributed by atoms with Crippen molar-refractivity contribution >= 4 is 22.4 Å². The molecule has 1 N–H and O–H groups in total. The first-order chi connectivity index (χ1) is 16.2. The van der Waals surface area contributed by atoms with Gasteiger partial charge in [0.05, 0.1) is 17.8 Å². The van der Waals surface area contributed by atoms with E-state index in [4.69, 9.17) is 5.10 Å². The number of likely N-dealkylation sites (tertiary alicyclic amines) is 1. The SMILES string of the molecule is O=C(Nc1nc(CN2CCCCC2)cs1)c1cn(Cc2ccccc2)nc1-c1ccccc1. The molecule has 1 fully saturated rings. The summed E-state index contributed by atoms with van der Waals surface area (Å²) in [7, 11) is 0. The highest BCUT2D eigenvalue weighted by molar-refractivity contribution is 7.14. The molecule has 1 aliphatic heterocycles. The second kappa shape index (κ2) is 10.1. The van der Waals surface area contributed by atoms with Gasteiger partial charge in [-0.05, 0) is 31.5 Å². The molecule has 1 amide bonds. The van der Waals surface area contributed by atoms with E-state index in [-0.39, 0.29) is 5.91 Å². The first kappa shape index (κ1) is 21.6. The summed E-state index contributed by atoms with van der Waals surface area (Å²) in [6, 6.07) is 20.0. The number of nitrogens with zero attached hydrogens (tertiary/aromatic N) is 4. The predicted octanol–water partition coefficient (Wildman–Crippen LogP) is 5.29. The Hall–Kier alpha value is -3.29. The van der Waals surface area contributed by atoms with Crippen LogP contribution >= 0.6 is 11.3 Å². The van der Waals surface area contributed by atoms with Crippen molar-refractivity contribution in [2.45, 2.75) is 32.4 Å². The topological polar surface area (TPSA) is 63.1 Å². The number of hydrogen-bond donors (Lipinski definition) is 1. The van der Waals surface area contributed by atoms with E-state index in [1.165, 1.54) is 30.6 Å². The molecule has 3 heterocycles. The fourth-order valence-electron chi connectivity index (χ4n) is 4.20. The van der Waals surface area contributed by atoms with Gasteiger partial charge in [-0.25, -0.2) is 4.98 Å². The summed E-state index contributed by atoms with van der Waals surface area (Å²) in [5.74, 6) is -0.188. The number of aromatic nitrogens is 3. The molecule has 0 radical (unpaired) electrons. The molecule has 1 aliphatic rings. The monoisotopic (exact) mass is 457 g/mol. The largest absolute Gasteiger partial charge is 0.298 e. The number of carbonyl (C=O) groups is 1. The van der Waals surface area contributed by atoms with Gasteiger partial charge in [-0.2, -0.15) is 5.10 Å². The molecule has 7 heteroatoms. The molecule has 6 nitrogen and oxygen atoms in total. The zero-order valence-electron chi connectivity index (χ0n) is 18.5. The maximum atomic E-state index is 13.3.